The lowest BCUT2D eigenvalue weighted by molar-refractivity contribution is 0.0989. The number of carbonyl (C=O) groups excluding carboxylic acids is 1. The molecule has 3 rings (SSSR count). The summed E-state index contributed by atoms with van der Waals surface area (Å²) in [6.07, 6.45) is 3.28. The molecule has 0 saturated heterocycles. The fourth-order valence-corrected chi connectivity index (χ4v) is 2.31. The summed E-state index contributed by atoms with van der Waals surface area (Å²) in [4.78, 5) is 16.8. The molecule has 0 aliphatic heterocycles. The van der Waals surface area contributed by atoms with Crippen LogP contribution >= 0.6 is 0 Å². The molecule has 3 aromatic rings. The summed E-state index contributed by atoms with van der Waals surface area (Å²) in [6, 6.07) is 9.59. The highest BCUT2D eigenvalue weighted by Crippen LogP contribution is 2.17. The Kier molecular flexibility index (Phi) is 3.25. The molecule has 0 N–H and O–H groups in total. The number of imidazole rings is 1. The zero-order valence-electron chi connectivity index (χ0n) is 11.2. The van der Waals surface area contributed by atoms with Crippen molar-refractivity contribution in [2.75, 3.05) is 0 Å². The molecule has 0 fully saturated rings. The van der Waals surface area contributed by atoms with Crippen molar-refractivity contribution < 1.29 is 4.79 Å². The molecule has 1 aromatic carbocycles. The topological polar surface area (TPSA) is 60.7 Å². The summed E-state index contributed by atoms with van der Waals surface area (Å²) in [5.74, 6) is 0.792. The second-order valence-corrected chi connectivity index (χ2v) is 4.49. The summed E-state index contributed by atoms with van der Waals surface area (Å²) in [6.45, 7) is 2.84. The molecule has 20 heavy (non-hydrogen) atoms. The van der Waals surface area contributed by atoms with Crippen LogP contribution in [0.5, 0.6) is 0 Å². The number of carbonyl (C=O) groups is 1. The number of ketones is 1. The number of aromatic nitrogens is 4. The lowest BCUT2D eigenvalue weighted by atomic mass is 10.1. The van der Waals surface area contributed by atoms with Gasteiger partial charge in [0.05, 0.1) is 29.8 Å². The average molecular weight is 266 g/mol. The first kappa shape index (κ1) is 12.5. The van der Waals surface area contributed by atoms with E-state index in [2.05, 4.69) is 26.7 Å². The van der Waals surface area contributed by atoms with Crippen LogP contribution in [-0.2, 0) is 13.0 Å². The monoisotopic (exact) mass is 266 g/mol. The number of rotatable bonds is 4. The fraction of sp³-hybridized carbons (Fsp3) is 0.200. The SMILES string of the molecule is CCn1c(CC(=O)c2ccnnc2)nc2ccccc21. The third-order valence-corrected chi connectivity index (χ3v) is 3.27. The van der Waals surface area contributed by atoms with E-state index in [-0.39, 0.29) is 12.2 Å². The van der Waals surface area contributed by atoms with Gasteiger partial charge < -0.3 is 4.57 Å². The van der Waals surface area contributed by atoms with Crippen molar-refractivity contribution in [2.24, 2.45) is 0 Å². The van der Waals surface area contributed by atoms with E-state index in [4.69, 9.17) is 0 Å². The minimum absolute atomic E-state index is 0.00454. The first-order valence-corrected chi connectivity index (χ1v) is 6.53. The number of hydrogen-bond donors (Lipinski definition) is 0. The van der Waals surface area contributed by atoms with Crippen molar-refractivity contribution in [1.82, 2.24) is 19.7 Å². The van der Waals surface area contributed by atoms with Gasteiger partial charge in [-0.3, -0.25) is 4.79 Å². The molecular weight excluding hydrogens is 252 g/mol. The standard InChI is InChI=1S/C15H14N4O/c1-2-19-13-6-4-3-5-12(13)18-15(19)9-14(20)11-7-8-16-17-10-11/h3-8,10H,2,9H2,1H3. The minimum atomic E-state index is 0.00454. The molecule has 0 amide bonds. The van der Waals surface area contributed by atoms with Crippen LogP contribution < -0.4 is 0 Å². The molecule has 0 aliphatic rings. The predicted octanol–water partition coefficient (Wildman–Crippen LogP) is 2.27. The highest BCUT2D eigenvalue weighted by molar-refractivity contribution is 5.97. The Hall–Kier alpha value is -2.56. The molecular formula is C15H14N4O. The largest absolute Gasteiger partial charge is 0.328 e. The maximum Gasteiger partial charge on any atom is 0.172 e. The van der Waals surface area contributed by atoms with Gasteiger partial charge in [-0.15, -0.1) is 0 Å². The summed E-state index contributed by atoms with van der Waals surface area (Å²) in [7, 11) is 0. The summed E-state index contributed by atoms with van der Waals surface area (Å²) in [5, 5.41) is 7.41. The van der Waals surface area contributed by atoms with E-state index in [0.717, 1.165) is 23.4 Å². The minimum Gasteiger partial charge on any atom is -0.328 e. The van der Waals surface area contributed by atoms with E-state index in [1.807, 2.05) is 24.3 Å². The Morgan fingerprint density at radius 3 is 2.80 bits per heavy atom. The number of Topliss-reactive ketones (excluding diaryl/α,β-unsaturated/α-hetero) is 1. The van der Waals surface area contributed by atoms with Gasteiger partial charge >= 0.3 is 0 Å². The van der Waals surface area contributed by atoms with Crippen LogP contribution in [0.1, 0.15) is 23.1 Å². The second kappa shape index (κ2) is 5.21. The van der Waals surface area contributed by atoms with E-state index in [0.29, 0.717) is 5.56 Å². The Bertz CT molecular complexity index is 749. The zero-order chi connectivity index (χ0) is 13.9. The van der Waals surface area contributed by atoms with Crippen molar-refractivity contribution in [3.8, 4) is 0 Å². The van der Waals surface area contributed by atoms with Crippen molar-refractivity contribution in [1.29, 1.82) is 0 Å². The van der Waals surface area contributed by atoms with Crippen LogP contribution in [0.2, 0.25) is 0 Å². The van der Waals surface area contributed by atoms with Gasteiger partial charge in [0, 0.05) is 12.1 Å². The predicted molar refractivity (Wildman–Crippen MR) is 75.5 cm³/mol. The molecule has 0 saturated carbocycles. The maximum absolute atomic E-state index is 12.2. The highest BCUT2D eigenvalue weighted by Gasteiger charge is 2.14. The Morgan fingerprint density at radius 1 is 1.20 bits per heavy atom. The zero-order valence-corrected chi connectivity index (χ0v) is 11.2. The van der Waals surface area contributed by atoms with Crippen LogP contribution in [0.15, 0.2) is 42.7 Å². The van der Waals surface area contributed by atoms with Gasteiger partial charge in [-0.25, -0.2) is 4.98 Å². The fourth-order valence-electron chi connectivity index (χ4n) is 2.31. The van der Waals surface area contributed by atoms with Gasteiger partial charge in [0.1, 0.15) is 5.82 Å². The molecule has 2 aromatic heterocycles. The third kappa shape index (κ3) is 2.18. The summed E-state index contributed by atoms with van der Waals surface area (Å²) >= 11 is 0. The van der Waals surface area contributed by atoms with Crippen LogP contribution in [0, 0.1) is 0 Å². The van der Waals surface area contributed by atoms with E-state index in [1.165, 1.54) is 12.4 Å². The molecule has 0 aliphatic carbocycles. The smallest absolute Gasteiger partial charge is 0.172 e. The molecule has 0 unspecified atom stereocenters. The van der Waals surface area contributed by atoms with E-state index in [9.17, 15) is 4.79 Å². The van der Waals surface area contributed by atoms with Gasteiger partial charge in [0.15, 0.2) is 5.78 Å². The lowest BCUT2D eigenvalue weighted by Crippen LogP contribution is -2.10. The van der Waals surface area contributed by atoms with Gasteiger partial charge in [-0.2, -0.15) is 10.2 Å². The number of fused-ring (bicyclic) bond motifs is 1. The quantitative estimate of drug-likeness (QED) is 0.680. The van der Waals surface area contributed by atoms with Crippen LogP contribution in [0.4, 0.5) is 0 Å². The van der Waals surface area contributed by atoms with Crippen molar-refractivity contribution in [2.45, 2.75) is 19.9 Å². The van der Waals surface area contributed by atoms with Gasteiger partial charge in [0.2, 0.25) is 0 Å². The average Bonchev–Trinajstić information content (AvgIpc) is 2.85. The Morgan fingerprint density at radius 2 is 2.05 bits per heavy atom. The second-order valence-electron chi connectivity index (χ2n) is 4.49. The number of para-hydroxylation sites is 2. The molecule has 5 nitrogen and oxygen atoms in total. The molecule has 0 bridgehead atoms. The number of aryl methyl sites for hydroxylation is 1. The molecule has 0 atom stereocenters. The Labute approximate surface area is 116 Å². The Balaban J connectivity index is 1.97. The van der Waals surface area contributed by atoms with E-state index in [1.54, 1.807) is 6.07 Å². The summed E-state index contributed by atoms with van der Waals surface area (Å²) in [5.41, 5.74) is 2.55. The molecule has 2 heterocycles. The number of hydrogen-bond acceptors (Lipinski definition) is 4. The highest BCUT2D eigenvalue weighted by atomic mass is 16.1. The van der Waals surface area contributed by atoms with Gasteiger partial charge in [0.25, 0.3) is 0 Å². The molecule has 0 radical (unpaired) electrons. The van der Waals surface area contributed by atoms with Gasteiger partial charge in [-0.05, 0) is 25.1 Å². The first-order valence-electron chi connectivity index (χ1n) is 6.53. The van der Waals surface area contributed by atoms with E-state index < -0.39 is 0 Å². The third-order valence-electron chi connectivity index (χ3n) is 3.27. The van der Waals surface area contributed by atoms with Crippen LogP contribution in [0.3, 0.4) is 0 Å². The normalized spacial score (nSPS) is 10.8. The van der Waals surface area contributed by atoms with E-state index >= 15 is 0 Å². The number of benzene rings is 1. The van der Waals surface area contributed by atoms with Crippen LogP contribution in [0.25, 0.3) is 11.0 Å². The van der Waals surface area contributed by atoms with Crippen molar-refractivity contribution in [3.63, 3.8) is 0 Å². The van der Waals surface area contributed by atoms with Crippen molar-refractivity contribution >= 4 is 16.8 Å². The molecule has 100 valence electrons. The molecule has 0 spiro atoms. The first-order chi connectivity index (χ1) is 9.79. The number of nitrogens with zero attached hydrogens (tertiary/aromatic N) is 4. The lowest BCUT2D eigenvalue weighted by Gasteiger charge is -2.05. The van der Waals surface area contributed by atoms with Crippen LogP contribution in [-0.4, -0.2) is 25.5 Å². The maximum atomic E-state index is 12.2. The summed E-state index contributed by atoms with van der Waals surface area (Å²) < 4.78 is 2.07. The van der Waals surface area contributed by atoms with Gasteiger partial charge in [-0.1, -0.05) is 12.1 Å². The molecule has 5 heteroatoms. The van der Waals surface area contributed by atoms with Crippen molar-refractivity contribution in [3.05, 3.63) is 54.1 Å².